The average Bonchev–Trinajstić information content (AvgIpc) is 2.26. The highest BCUT2D eigenvalue weighted by Crippen LogP contribution is 1.99. The van der Waals surface area contributed by atoms with Crippen molar-refractivity contribution in [3.8, 4) is 0 Å². The zero-order valence-corrected chi connectivity index (χ0v) is 12.6. The van der Waals surface area contributed by atoms with E-state index in [4.69, 9.17) is 0 Å². The molecule has 0 spiro atoms. The van der Waals surface area contributed by atoms with Crippen molar-refractivity contribution in [2.24, 2.45) is 0 Å². The van der Waals surface area contributed by atoms with Crippen LogP contribution in [0.25, 0.3) is 0 Å². The van der Waals surface area contributed by atoms with Crippen molar-refractivity contribution in [1.29, 1.82) is 0 Å². The maximum absolute atomic E-state index is 11.5. The molecule has 0 aliphatic carbocycles. The van der Waals surface area contributed by atoms with Crippen molar-refractivity contribution < 1.29 is 13.2 Å². The van der Waals surface area contributed by atoms with Gasteiger partial charge in [-0.2, -0.15) is 12.7 Å². The van der Waals surface area contributed by atoms with Gasteiger partial charge < -0.3 is 4.90 Å². The van der Waals surface area contributed by atoms with Crippen molar-refractivity contribution in [3.05, 3.63) is 0 Å². The number of carbonyl (C=O) groups is 1. The maximum Gasteiger partial charge on any atom is 0.278 e. The molecule has 6 nitrogen and oxygen atoms in total. The zero-order valence-electron chi connectivity index (χ0n) is 11.8. The van der Waals surface area contributed by atoms with Crippen LogP contribution in [0.15, 0.2) is 0 Å². The molecule has 18 heavy (non-hydrogen) atoms. The van der Waals surface area contributed by atoms with Gasteiger partial charge in [0.15, 0.2) is 0 Å². The number of rotatable bonds is 9. The first-order valence-corrected chi connectivity index (χ1v) is 7.68. The van der Waals surface area contributed by atoms with Gasteiger partial charge in [-0.3, -0.25) is 4.79 Å². The molecule has 0 aromatic carbocycles. The molecule has 0 bridgehead atoms. The average molecular weight is 279 g/mol. The minimum absolute atomic E-state index is 0.0184. The van der Waals surface area contributed by atoms with E-state index >= 15 is 0 Å². The molecule has 0 aliphatic heterocycles. The molecule has 0 rings (SSSR count). The van der Waals surface area contributed by atoms with Crippen LogP contribution in [-0.2, 0) is 15.0 Å². The monoisotopic (exact) mass is 279 g/mol. The fourth-order valence-electron chi connectivity index (χ4n) is 1.42. The molecule has 0 aromatic heterocycles. The summed E-state index contributed by atoms with van der Waals surface area (Å²) in [6.45, 7) is 4.95. The highest BCUT2D eigenvalue weighted by molar-refractivity contribution is 7.87. The van der Waals surface area contributed by atoms with Gasteiger partial charge in [0.05, 0.1) is 0 Å². The van der Waals surface area contributed by atoms with Gasteiger partial charge >= 0.3 is 0 Å². The van der Waals surface area contributed by atoms with Gasteiger partial charge in [-0.1, -0.05) is 19.8 Å². The summed E-state index contributed by atoms with van der Waals surface area (Å²) >= 11 is 0. The summed E-state index contributed by atoms with van der Waals surface area (Å²) in [5.41, 5.74) is 0. The lowest BCUT2D eigenvalue weighted by Crippen LogP contribution is -2.41. The second kappa shape index (κ2) is 8.44. The molecular weight excluding hydrogens is 254 g/mol. The molecule has 0 aromatic rings. The Kier molecular flexibility index (Phi) is 8.13. The van der Waals surface area contributed by atoms with Gasteiger partial charge in [0.2, 0.25) is 5.91 Å². The van der Waals surface area contributed by atoms with Crippen molar-refractivity contribution in [2.45, 2.75) is 33.1 Å². The zero-order chi connectivity index (χ0) is 14.2. The van der Waals surface area contributed by atoms with E-state index in [-0.39, 0.29) is 12.5 Å². The van der Waals surface area contributed by atoms with E-state index in [0.717, 1.165) is 23.6 Å². The first-order chi connectivity index (χ1) is 8.31. The Morgan fingerprint density at radius 3 is 2.22 bits per heavy atom. The smallest absolute Gasteiger partial charge is 0.278 e. The lowest BCUT2D eigenvalue weighted by molar-refractivity contribution is -0.128. The topological polar surface area (TPSA) is 69.7 Å². The first-order valence-electron chi connectivity index (χ1n) is 6.24. The number of nitrogens with one attached hydrogen (secondary N) is 1. The Balaban J connectivity index is 4.09. The van der Waals surface area contributed by atoms with Crippen molar-refractivity contribution >= 4 is 16.1 Å². The predicted octanol–water partition coefficient (Wildman–Crippen LogP) is 0.421. The van der Waals surface area contributed by atoms with Crippen LogP contribution in [0.5, 0.6) is 0 Å². The molecule has 0 heterocycles. The molecule has 0 fully saturated rings. The molecule has 0 saturated carbocycles. The third-order valence-corrected chi connectivity index (χ3v) is 4.15. The van der Waals surface area contributed by atoms with Gasteiger partial charge in [-0.25, -0.2) is 4.72 Å². The van der Waals surface area contributed by atoms with E-state index in [0.29, 0.717) is 13.1 Å². The SMILES string of the molecule is CCCCCN(CCNS(=O)(=O)N(C)C)C(C)=O. The normalized spacial score (nSPS) is 11.8. The van der Waals surface area contributed by atoms with Crippen LogP contribution in [0.2, 0.25) is 0 Å². The Morgan fingerprint density at radius 2 is 1.78 bits per heavy atom. The van der Waals surface area contributed by atoms with E-state index in [1.807, 2.05) is 0 Å². The second-order valence-corrected chi connectivity index (χ2v) is 6.36. The van der Waals surface area contributed by atoms with Crippen LogP contribution in [0, 0.1) is 0 Å². The Bertz CT molecular complexity index is 341. The molecule has 0 saturated heterocycles. The number of hydrogen-bond donors (Lipinski definition) is 1. The van der Waals surface area contributed by atoms with Crippen LogP contribution in [0.3, 0.4) is 0 Å². The van der Waals surface area contributed by atoms with E-state index < -0.39 is 10.2 Å². The quantitative estimate of drug-likeness (QED) is 0.622. The number of unbranched alkanes of at least 4 members (excludes halogenated alkanes) is 2. The third-order valence-electron chi connectivity index (χ3n) is 2.62. The molecule has 7 heteroatoms. The van der Waals surface area contributed by atoms with Crippen LogP contribution in [-0.4, -0.2) is 57.3 Å². The van der Waals surface area contributed by atoms with Crippen molar-refractivity contribution in [2.75, 3.05) is 33.7 Å². The lowest BCUT2D eigenvalue weighted by Gasteiger charge is -2.21. The molecule has 0 aliphatic rings. The van der Waals surface area contributed by atoms with E-state index in [1.54, 1.807) is 4.90 Å². The summed E-state index contributed by atoms with van der Waals surface area (Å²) < 4.78 is 26.5. The summed E-state index contributed by atoms with van der Waals surface area (Å²) in [6.07, 6.45) is 3.13. The van der Waals surface area contributed by atoms with Crippen LogP contribution in [0.1, 0.15) is 33.1 Å². The van der Waals surface area contributed by atoms with E-state index in [2.05, 4.69) is 11.6 Å². The molecule has 0 unspecified atom stereocenters. The molecule has 108 valence electrons. The summed E-state index contributed by atoms with van der Waals surface area (Å²) in [7, 11) is -0.470. The fourth-order valence-corrected chi connectivity index (χ4v) is 2.03. The van der Waals surface area contributed by atoms with Crippen molar-refractivity contribution in [1.82, 2.24) is 13.9 Å². The van der Waals surface area contributed by atoms with Gasteiger partial charge in [0, 0.05) is 40.7 Å². The Hall–Kier alpha value is -0.660. The standard InChI is InChI=1S/C11H25N3O3S/c1-5-6-7-9-14(11(2)15)10-8-12-18(16,17)13(3)4/h12H,5-10H2,1-4H3. The highest BCUT2D eigenvalue weighted by Gasteiger charge is 2.14. The molecular formula is C11H25N3O3S. The maximum atomic E-state index is 11.5. The van der Waals surface area contributed by atoms with Gasteiger partial charge in [0.1, 0.15) is 0 Å². The van der Waals surface area contributed by atoms with Crippen LogP contribution in [0.4, 0.5) is 0 Å². The summed E-state index contributed by atoms with van der Waals surface area (Å²) in [5.74, 6) is -0.0184. The largest absolute Gasteiger partial charge is 0.342 e. The highest BCUT2D eigenvalue weighted by atomic mass is 32.2. The summed E-state index contributed by atoms with van der Waals surface area (Å²) in [5, 5.41) is 0. The minimum atomic E-state index is -3.40. The van der Waals surface area contributed by atoms with E-state index in [9.17, 15) is 13.2 Å². The van der Waals surface area contributed by atoms with Gasteiger partial charge in [-0.05, 0) is 6.42 Å². The second-order valence-electron chi connectivity index (χ2n) is 4.39. The fraction of sp³-hybridized carbons (Fsp3) is 0.909. The summed E-state index contributed by atoms with van der Waals surface area (Å²) in [6, 6.07) is 0. The van der Waals surface area contributed by atoms with Crippen LogP contribution < -0.4 is 4.72 Å². The van der Waals surface area contributed by atoms with Gasteiger partial charge in [-0.15, -0.1) is 0 Å². The third kappa shape index (κ3) is 6.93. The number of nitrogens with zero attached hydrogens (tertiary/aromatic N) is 2. The lowest BCUT2D eigenvalue weighted by atomic mass is 10.2. The predicted molar refractivity (Wildman–Crippen MR) is 72.4 cm³/mol. The summed E-state index contributed by atoms with van der Waals surface area (Å²) in [4.78, 5) is 13.0. The molecule has 1 N–H and O–H groups in total. The number of hydrogen-bond acceptors (Lipinski definition) is 3. The van der Waals surface area contributed by atoms with Gasteiger partial charge in [0.25, 0.3) is 10.2 Å². The molecule has 1 amide bonds. The minimum Gasteiger partial charge on any atom is -0.342 e. The van der Waals surface area contributed by atoms with Crippen LogP contribution >= 0.6 is 0 Å². The van der Waals surface area contributed by atoms with Crippen molar-refractivity contribution in [3.63, 3.8) is 0 Å². The Morgan fingerprint density at radius 1 is 1.17 bits per heavy atom. The van der Waals surface area contributed by atoms with E-state index in [1.165, 1.54) is 21.0 Å². The number of carbonyl (C=O) groups excluding carboxylic acids is 1. The molecule has 0 radical (unpaired) electrons. The first kappa shape index (κ1) is 17.3. The molecule has 0 atom stereocenters. The Labute approximate surface area is 111 Å². The number of amides is 1.